The van der Waals surface area contributed by atoms with Crippen LogP contribution in [-0.2, 0) is 4.74 Å². The monoisotopic (exact) mass is 243 g/mol. The third kappa shape index (κ3) is 5.34. The molecule has 0 saturated carbocycles. The third-order valence-electron chi connectivity index (χ3n) is 3.69. The number of piperidine rings is 1. The third-order valence-corrected chi connectivity index (χ3v) is 3.69. The van der Waals surface area contributed by atoms with Gasteiger partial charge in [-0.15, -0.1) is 0 Å². The zero-order valence-electron chi connectivity index (χ0n) is 11.7. The Morgan fingerprint density at radius 2 is 2.29 bits per heavy atom. The highest BCUT2D eigenvalue weighted by Crippen LogP contribution is 2.14. The lowest BCUT2D eigenvalue weighted by atomic mass is 10.0. The van der Waals surface area contributed by atoms with Gasteiger partial charge in [-0.1, -0.05) is 0 Å². The first kappa shape index (κ1) is 14.9. The van der Waals surface area contributed by atoms with E-state index in [1.165, 1.54) is 25.9 Å². The van der Waals surface area contributed by atoms with E-state index in [1.54, 1.807) is 0 Å². The molecule has 0 aromatic carbocycles. The summed E-state index contributed by atoms with van der Waals surface area (Å²) in [5, 5.41) is 0. The van der Waals surface area contributed by atoms with Crippen molar-refractivity contribution >= 4 is 0 Å². The van der Waals surface area contributed by atoms with Gasteiger partial charge >= 0.3 is 0 Å². The maximum atomic E-state index is 5.69. The maximum Gasteiger partial charge on any atom is 0.0709 e. The van der Waals surface area contributed by atoms with Crippen LogP contribution in [0.3, 0.4) is 0 Å². The minimum Gasteiger partial charge on any atom is -0.377 e. The zero-order chi connectivity index (χ0) is 12.7. The van der Waals surface area contributed by atoms with E-state index in [9.17, 15) is 0 Å². The predicted octanol–water partition coefficient (Wildman–Crippen LogP) is 0.766. The molecule has 1 fully saturated rings. The van der Waals surface area contributed by atoms with Gasteiger partial charge in [0.2, 0.25) is 0 Å². The fourth-order valence-electron chi connectivity index (χ4n) is 2.53. The summed E-state index contributed by atoms with van der Waals surface area (Å²) in [4.78, 5) is 4.89. The van der Waals surface area contributed by atoms with Crippen LogP contribution in [0.25, 0.3) is 0 Å². The Morgan fingerprint density at radius 3 is 2.88 bits per heavy atom. The number of hydrogen-bond acceptors (Lipinski definition) is 4. The molecule has 4 nitrogen and oxygen atoms in total. The number of ether oxygens (including phenoxy) is 1. The Hall–Kier alpha value is -0.160. The van der Waals surface area contributed by atoms with Crippen LogP contribution in [0.5, 0.6) is 0 Å². The molecular formula is C13H29N3O. The minimum atomic E-state index is 0.226. The summed E-state index contributed by atoms with van der Waals surface area (Å²) in [7, 11) is 4.44. The Bertz CT molecular complexity index is 201. The van der Waals surface area contributed by atoms with Crippen LogP contribution in [0.4, 0.5) is 0 Å². The molecule has 2 N–H and O–H groups in total. The van der Waals surface area contributed by atoms with E-state index in [0.717, 1.165) is 19.6 Å². The van der Waals surface area contributed by atoms with Gasteiger partial charge in [-0.3, -0.25) is 0 Å². The van der Waals surface area contributed by atoms with E-state index in [4.69, 9.17) is 10.5 Å². The smallest absolute Gasteiger partial charge is 0.0709 e. The molecule has 2 unspecified atom stereocenters. The lowest BCUT2D eigenvalue weighted by molar-refractivity contribution is 0.0478. The molecule has 4 heteroatoms. The summed E-state index contributed by atoms with van der Waals surface area (Å²) in [5.74, 6) is 0. The second kappa shape index (κ2) is 8.03. The van der Waals surface area contributed by atoms with Gasteiger partial charge in [0.15, 0.2) is 0 Å². The summed E-state index contributed by atoms with van der Waals surface area (Å²) in [6.07, 6.45) is 3.91. The van der Waals surface area contributed by atoms with Crippen molar-refractivity contribution in [1.29, 1.82) is 0 Å². The van der Waals surface area contributed by atoms with Crippen molar-refractivity contribution in [3.63, 3.8) is 0 Å². The van der Waals surface area contributed by atoms with Gasteiger partial charge in [0.25, 0.3) is 0 Å². The predicted molar refractivity (Wildman–Crippen MR) is 72.2 cm³/mol. The molecule has 0 amide bonds. The number of rotatable bonds is 7. The van der Waals surface area contributed by atoms with Gasteiger partial charge in [-0.05, 0) is 46.8 Å². The highest BCUT2D eigenvalue weighted by Gasteiger charge is 2.21. The molecule has 0 spiro atoms. The minimum absolute atomic E-state index is 0.226. The molecule has 0 aliphatic carbocycles. The number of nitrogens with zero attached hydrogens (tertiary/aromatic N) is 2. The molecule has 102 valence electrons. The number of likely N-dealkylation sites (tertiary alicyclic amines) is 1. The SMILES string of the molecule is CCOC(CN)CCN(C)C1CCCN(C)C1. The van der Waals surface area contributed by atoms with Crippen LogP contribution in [0.1, 0.15) is 26.2 Å². The van der Waals surface area contributed by atoms with Crippen molar-refractivity contribution in [2.45, 2.75) is 38.3 Å². The van der Waals surface area contributed by atoms with Crippen molar-refractivity contribution in [3.8, 4) is 0 Å². The highest BCUT2D eigenvalue weighted by atomic mass is 16.5. The molecule has 2 atom stereocenters. The van der Waals surface area contributed by atoms with Crippen molar-refractivity contribution < 1.29 is 4.74 Å². The lowest BCUT2D eigenvalue weighted by Crippen LogP contribution is -2.45. The Morgan fingerprint density at radius 1 is 1.53 bits per heavy atom. The summed E-state index contributed by atoms with van der Waals surface area (Å²) in [6.45, 7) is 6.94. The van der Waals surface area contributed by atoms with Gasteiger partial charge in [0.1, 0.15) is 0 Å². The van der Waals surface area contributed by atoms with E-state index in [-0.39, 0.29) is 6.10 Å². The maximum absolute atomic E-state index is 5.69. The summed E-state index contributed by atoms with van der Waals surface area (Å²) in [6, 6.07) is 0.703. The van der Waals surface area contributed by atoms with E-state index < -0.39 is 0 Å². The fraction of sp³-hybridized carbons (Fsp3) is 1.00. The highest BCUT2D eigenvalue weighted by molar-refractivity contribution is 4.78. The van der Waals surface area contributed by atoms with E-state index >= 15 is 0 Å². The quantitative estimate of drug-likeness (QED) is 0.717. The average molecular weight is 243 g/mol. The fourth-order valence-corrected chi connectivity index (χ4v) is 2.53. The first-order valence-corrected chi connectivity index (χ1v) is 6.87. The number of hydrogen-bond donors (Lipinski definition) is 1. The largest absolute Gasteiger partial charge is 0.377 e. The van der Waals surface area contributed by atoms with E-state index in [0.29, 0.717) is 12.6 Å². The van der Waals surface area contributed by atoms with Crippen LogP contribution in [0, 0.1) is 0 Å². The Kier molecular flexibility index (Phi) is 7.04. The molecule has 0 aromatic heterocycles. The summed E-state index contributed by atoms with van der Waals surface area (Å²) < 4.78 is 5.59. The van der Waals surface area contributed by atoms with Crippen molar-refractivity contribution in [1.82, 2.24) is 9.80 Å². The molecular weight excluding hydrogens is 214 g/mol. The Labute approximate surface area is 106 Å². The zero-order valence-corrected chi connectivity index (χ0v) is 11.7. The van der Waals surface area contributed by atoms with Crippen LogP contribution in [0.2, 0.25) is 0 Å². The molecule has 17 heavy (non-hydrogen) atoms. The van der Waals surface area contributed by atoms with E-state index in [2.05, 4.69) is 23.9 Å². The van der Waals surface area contributed by atoms with Crippen LogP contribution in [0.15, 0.2) is 0 Å². The normalized spacial score (nSPS) is 24.2. The molecule has 0 aromatic rings. The molecule has 1 rings (SSSR count). The second-order valence-corrected chi connectivity index (χ2v) is 5.14. The molecule has 1 aliphatic heterocycles. The van der Waals surface area contributed by atoms with Gasteiger partial charge in [0, 0.05) is 32.3 Å². The summed E-state index contributed by atoms with van der Waals surface area (Å²) >= 11 is 0. The first-order valence-electron chi connectivity index (χ1n) is 6.87. The van der Waals surface area contributed by atoms with Gasteiger partial charge in [0.05, 0.1) is 6.10 Å². The van der Waals surface area contributed by atoms with Gasteiger partial charge in [-0.2, -0.15) is 0 Å². The number of nitrogens with two attached hydrogens (primary N) is 1. The molecule has 0 bridgehead atoms. The summed E-state index contributed by atoms with van der Waals surface area (Å²) in [5.41, 5.74) is 5.69. The van der Waals surface area contributed by atoms with E-state index in [1.807, 2.05) is 6.92 Å². The van der Waals surface area contributed by atoms with Gasteiger partial charge < -0.3 is 20.3 Å². The van der Waals surface area contributed by atoms with Crippen LogP contribution in [-0.4, -0.2) is 68.8 Å². The number of likely N-dealkylation sites (N-methyl/N-ethyl adjacent to an activating group) is 2. The standard InChI is InChI=1S/C13H29N3O/c1-4-17-13(10-14)7-9-16(3)12-6-5-8-15(2)11-12/h12-13H,4-11,14H2,1-3H3. The molecule has 1 heterocycles. The molecule has 1 aliphatic rings. The lowest BCUT2D eigenvalue weighted by Gasteiger charge is -2.36. The Balaban J connectivity index is 2.25. The van der Waals surface area contributed by atoms with Crippen LogP contribution >= 0.6 is 0 Å². The van der Waals surface area contributed by atoms with Gasteiger partial charge in [-0.25, -0.2) is 0 Å². The van der Waals surface area contributed by atoms with Crippen molar-refractivity contribution in [2.75, 3.05) is 46.9 Å². The molecule has 0 radical (unpaired) electrons. The molecule has 1 saturated heterocycles. The first-order chi connectivity index (χ1) is 8.17. The van der Waals surface area contributed by atoms with Crippen LogP contribution < -0.4 is 5.73 Å². The van der Waals surface area contributed by atoms with Crippen molar-refractivity contribution in [2.24, 2.45) is 5.73 Å². The van der Waals surface area contributed by atoms with Crippen molar-refractivity contribution in [3.05, 3.63) is 0 Å². The second-order valence-electron chi connectivity index (χ2n) is 5.14. The topological polar surface area (TPSA) is 41.7 Å². The average Bonchev–Trinajstić information content (AvgIpc) is 2.34.